The van der Waals surface area contributed by atoms with E-state index in [2.05, 4.69) is 10.4 Å². The van der Waals surface area contributed by atoms with Crippen molar-refractivity contribution >= 4 is 11.7 Å². The number of carbonyl (C=O) groups is 1. The fourth-order valence-corrected chi connectivity index (χ4v) is 4.68. The quantitative estimate of drug-likeness (QED) is 0.317. The predicted octanol–water partition coefficient (Wildman–Crippen LogP) is 3.69. The van der Waals surface area contributed by atoms with E-state index < -0.39 is 12.1 Å². The number of aliphatic hydroxyl groups is 2. The van der Waals surface area contributed by atoms with Crippen molar-refractivity contribution < 1.29 is 29.6 Å². The van der Waals surface area contributed by atoms with Gasteiger partial charge in [-0.1, -0.05) is 44.2 Å². The van der Waals surface area contributed by atoms with Gasteiger partial charge in [-0.3, -0.25) is 9.48 Å². The molecule has 4 rings (SSSR count). The maximum Gasteiger partial charge on any atom is 0.248 e. The normalized spacial score (nSPS) is 15.9. The zero-order valence-corrected chi connectivity index (χ0v) is 20.4. The van der Waals surface area contributed by atoms with E-state index in [9.17, 15) is 15.0 Å². The number of aliphatic hydroxyl groups excluding tert-OH is 2. The van der Waals surface area contributed by atoms with Gasteiger partial charge in [0.1, 0.15) is 11.8 Å². The molecule has 2 heterocycles. The fourth-order valence-electron chi connectivity index (χ4n) is 4.68. The Bertz CT molecular complexity index is 1140. The Kier molecular flexibility index (Phi) is 8.50. The second-order valence-corrected chi connectivity index (χ2v) is 9.20. The average molecular weight is 499 g/mol. The number of carbonyl (C=O) groups excluding carboxylic acids is 1. The Hall–Kier alpha value is -3.50. The molecule has 3 aromatic rings. The van der Waals surface area contributed by atoms with Crippen LogP contribution in [0.2, 0.25) is 0 Å². The second-order valence-electron chi connectivity index (χ2n) is 9.20. The number of anilines is 1. The molecule has 0 saturated heterocycles. The summed E-state index contributed by atoms with van der Waals surface area (Å²) in [4.78, 5) is 13.5. The smallest absolute Gasteiger partial charge is 0.248 e. The molecule has 10 heteroatoms. The van der Waals surface area contributed by atoms with E-state index in [1.54, 1.807) is 42.3 Å². The molecule has 2 atom stereocenters. The number of rotatable bonds is 11. The first kappa shape index (κ1) is 25.6. The highest BCUT2D eigenvalue weighted by Crippen LogP contribution is 2.37. The van der Waals surface area contributed by atoms with Gasteiger partial charge in [0.2, 0.25) is 5.91 Å². The van der Waals surface area contributed by atoms with Crippen molar-refractivity contribution in [2.75, 3.05) is 19.0 Å². The van der Waals surface area contributed by atoms with Gasteiger partial charge in [0.05, 0.1) is 32.6 Å². The van der Waals surface area contributed by atoms with Gasteiger partial charge in [0.15, 0.2) is 23.2 Å². The first-order chi connectivity index (χ1) is 17.5. The summed E-state index contributed by atoms with van der Waals surface area (Å²) in [7, 11) is 1.56. The molecule has 10 nitrogen and oxygen atoms in total. The van der Waals surface area contributed by atoms with Crippen molar-refractivity contribution in [1.29, 1.82) is 0 Å². The van der Waals surface area contributed by atoms with Gasteiger partial charge >= 0.3 is 0 Å². The summed E-state index contributed by atoms with van der Waals surface area (Å²) in [5.74, 6) is 1.77. The molecule has 1 aromatic carbocycles. The maximum atomic E-state index is 13.5. The standard InChI is InChI=1S/C26H34N4O6/c1-35-22-9-5-6-10-23(22)36-20-14-25(33)30(16-20)21(13-18-7-3-2-4-8-18)26(34)27-24-11-12-29(28-24)15-19(32)17-31/h5-6,9-12,14,16,18-19,21,31-33H,2-4,7-8,13,15,17H2,1H3,(H,27,28,34)/t19-,21-/m0/s1. The number of benzene rings is 1. The molecular formula is C26H34N4O6. The Morgan fingerprint density at radius 2 is 1.94 bits per heavy atom. The molecule has 4 N–H and O–H groups in total. The summed E-state index contributed by atoms with van der Waals surface area (Å²) in [5, 5.41) is 36.6. The Morgan fingerprint density at radius 1 is 1.19 bits per heavy atom. The van der Waals surface area contributed by atoms with Crippen molar-refractivity contribution in [3.05, 3.63) is 48.8 Å². The summed E-state index contributed by atoms with van der Waals surface area (Å²) in [6.07, 6.45) is 8.46. The first-order valence-electron chi connectivity index (χ1n) is 12.3. The molecule has 0 spiro atoms. The zero-order valence-electron chi connectivity index (χ0n) is 20.4. The number of ether oxygens (including phenoxy) is 2. The van der Waals surface area contributed by atoms with Gasteiger partial charge in [-0.15, -0.1) is 0 Å². The van der Waals surface area contributed by atoms with Gasteiger partial charge in [-0.05, 0) is 24.5 Å². The van der Waals surface area contributed by atoms with Crippen molar-refractivity contribution in [2.45, 2.75) is 57.2 Å². The van der Waals surface area contributed by atoms with Crippen LogP contribution in [0.25, 0.3) is 0 Å². The van der Waals surface area contributed by atoms with E-state index >= 15 is 0 Å². The number of para-hydroxylation sites is 2. The van der Waals surface area contributed by atoms with E-state index in [1.165, 1.54) is 17.2 Å². The minimum absolute atomic E-state index is 0.0764. The highest BCUT2D eigenvalue weighted by Gasteiger charge is 2.29. The summed E-state index contributed by atoms with van der Waals surface area (Å²) in [5.41, 5.74) is 0. The lowest BCUT2D eigenvalue weighted by molar-refractivity contribution is -0.120. The largest absolute Gasteiger partial charge is 0.494 e. The number of aromatic nitrogens is 3. The van der Waals surface area contributed by atoms with Gasteiger partial charge < -0.3 is 34.7 Å². The van der Waals surface area contributed by atoms with Crippen LogP contribution in [0.15, 0.2) is 48.8 Å². The van der Waals surface area contributed by atoms with Crippen LogP contribution >= 0.6 is 0 Å². The SMILES string of the molecule is COc1ccccc1Oc1cc(O)n([C@@H](CC2CCCCC2)C(=O)Nc2ccn(C[C@H](O)CO)n2)c1. The molecule has 0 bridgehead atoms. The molecule has 0 aliphatic heterocycles. The van der Waals surface area contributed by atoms with Crippen molar-refractivity contribution in [3.8, 4) is 23.1 Å². The third kappa shape index (κ3) is 6.38. The molecule has 1 saturated carbocycles. The lowest BCUT2D eigenvalue weighted by Crippen LogP contribution is -2.28. The number of hydrogen-bond donors (Lipinski definition) is 4. The maximum absolute atomic E-state index is 13.5. The molecule has 1 aliphatic carbocycles. The van der Waals surface area contributed by atoms with E-state index in [0.29, 0.717) is 35.4 Å². The molecule has 0 radical (unpaired) electrons. The first-order valence-corrected chi connectivity index (χ1v) is 12.3. The van der Waals surface area contributed by atoms with Crippen LogP contribution in [0.5, 0.6) is 23.1 Å². The van der Waals surface area contributed by atoms with E-state index in [1.807, 2.05) is 12.1 Å². The van der Waals surface area contributed by atoms with Crippen LogP contribution in [0.1, 0.15) is 44.6 Å². The van der Waals surface area contributed by atoms with Crippen molar-refractivity contribution in [3.63, 3.8) is 0 Å². The monoisotopic (exact) mass is 498 g/mol. The van der Waals surface area contributed by atoms with Crippen LogP contribution in [0, 0.1) is 5.92 Å². The van der Waals surface area contributed by atoms with Crippen molar-refractivity contribution in [2.24, 2.45) is 5.92 Å². The van der Waals surface area contributed by atoms with Gasteiger partial charge in [0, 0.05) is 18.3 Å². The van der Waals surface area contributed by atoms with Crippen LogP contribution in [-0.4, -0.2) is 55.4 Å². The lowest BCUT2D eigenvalue weighted by atomic mass is 9.84. The lowest BCUT2D eigenvalue weighted by Gasteiger charge is -2.27. The third-order valence-corrected chi connectivity index (χ3v) is 6.52. The fraction of sp³-hybridized carbons (Fsp3) is 0.462. The summed E-state index contributed by atoms with van der Waals surface area (Å²) in [6.45, 7) is -0.267. The summed E-state index contributed by atoms with van der Waals surface area (Å²) in [6, 6.07) is 9.66. The Morgan fingerprint density at radius 3 is 2.67 bits per heavy atom. The highest BCUT2D eigenvalue weighted by molar-refractivity contribution is 5.93. The third-order valence-electron chi connectivity index (χ3n) is 6.52. The minimum atomic E-state index is -0.939. The Labute approximate surface area is 210 Å². The number of hydrogen-bond acceptors (Lipinski definition) is 7. The van der Waals surface area contributed by atoms with Crippen LogP contribution in [0.4, 0.5) is 5.82 Å². The van der Waals surface area contributed by atoms with Crippen LogP contribution < -0.4 is 14.8 Å². The summed E-state index contributed by atoms with van der Waals surface area (Å²) >= 11 is 0. The number of methoxy groups -OCH3 is 1. The number of nitrogens with one attached hydrogen (secondary N) is 1. The number of aromatic hydroxyl groups is 1. The molecule has 194 valence electrons. The molecule has 0 unspecified atom stereocenters. The predicted molar refractivity (Wildman–Crippen MR) is 133 cm³/mol. The molecular weight excluding hydrogens is 464 g/mol. The molecule has 2 aromatic heterocycles. The minimum Gasteiger partial charge on any atom is -0.494 e. The molecule has 36 heavy (non-hydrogen) atoms. The summed E-state index contributed by atoms with van der Waals surface area (Å²) < 4.78 is 14.3. The van der Waals surface area contributed by atoms with Crippen LogP contribution in [0.3, 0.4) is 0 Å². The zero-order chi connectivity index (χ0) is 25.5. The number of amides is 1. The molecule has 1 fully saturated rings. The average Bonchev–Trinajstić information content (AvgIpc) is 3.48. The molecule has 1 amide bonds. The van der Waals surface area contributed by atoms with Crippen LogP contribution in [-0.2, 0) is 11.3 Å². The van der Waals surface area contributed by atoms with Gasteiger partial charge in [0.25, 0.3) is 0 Å². The highest BCUT2D eigenvalue weighted by atomic mass is 16.5. The Balaban J connectivity index is 1.54. The molecule has 1 aliphatic rings. The van der Waals surface area contributed by atoms with Gasteiger partial charge in [-0.25, -0.2) is 0 Å². The topological polar surface area (TPSA) is 131 Å². The van der Waals surface area contributed by atoms with E-state index in [-0.39, 0.29) is 24.9 Å². The van der Waals surface area contributed by atoms with E-state index in [4.69, 9.17) is 14.6 Å². The van der Waals surface area contributed by atoms with Gasteiger partial charge in [-0.2, -0.15) is 5.10 Å². The van der Waals surface area contributed by atoms with E-state index in [0.717, 1.165) is 25.7 Å². The number of nitrogens with zero attached hydrogens (tertiary/aromatic N) is 3. The van der Waals surface area contributed by atoms with Crippen molar-refractivity contribution in [1.82, 2.24) is 14.3 Å². The second kappa shape index (κ2) is 12.0.